The van der Waals surface area contributed by atoms with Crippen LogP contribution in [-0.2, 0) is 5.41 Å². The van der Waals surface area contributed by atoms with Crippen LogP contribution in [0.1, 0.15) is 46.9 Å². The molecular weight excluding hydrogens is 328 g/mol. The van der Waals surface area contributed by atoms with Gasteiger partial charge in [-0.3, -0.25) is 9.78 Å². The average molecular weight is 352 g/mol. The van der Waals surface area contributed by atoms with Crippen molar-refractivity contribution in [2.24, 2.45) is 0 Å². The molecule has 1 unspecified atom stereocenters. The summed E-state index contributed by atoms with van der Waals surface area (Å²) in [5, 5.41) is 12.3. The van der Waals surface area contributed by atoms with Crippen molar-refractivity contribution in [1.29, 1.82) is 0 Å². The van der Waals surface area contributed by atoms with Crippen LogP contribution < -0.4 is 5.32 Å². The molecule has 1 fully saturated rings. The van der Waals surface area contributed by atoms with Gasteiger partial charge in [-0.15, -0.1) is 0 Å². The van der Waals surface area contributed by atoms with Gasteiger partial charge >= 0.3 is 0 Å². The molecule has 1 aliphatic carbocycles. The van der Waals surface area contributed by atoms with Gasteiger partial charge in [0.25, 0.3) is 5.91 Å². The van der Waals surface area contributed by atoms with Crippen molar-refractivity contribution in [3.63, 3.8) is 0 Å². The van der Waals surface area contributed by atoms with Gasteiger partial charge in [-0.05, 0) is 43.5 Å². The molecule has 0 radical (unpaired) electrons. The highest BCUT2D eigenvalue weighted by Crippen LogP contribution is 2.50. The number of aromatic nitrogens is 2. The Morgan fingerprint density at radius 3 is 2.81 bits per heavy atom. The van der Waals surface area contributed by atoms with Crippen LogP contribution in [0, 0.1) is 0 Å². The van der Waals surface area contributed by atoms with Crippen LogP contribution in [0.3, 0.4) is 0 Å². The molecule has 1 saturated heterocycles. The van der Waals surface area contributed by atoms with Crippen molar-refractivity contribution in [3.8, 4) is 0 Å². The van der Waals surface area contributed by atoms with Crippen molar-refractivity contribution in [2.75, 3.05) is 26.2 Å². The number of nitrogens with one attached hydrogen (secondary N) is 1. The summed E-state index contributed by atoms with van der Waals surface area (Å²) in [6.07, 6.45) is 7.64. The zero-order valence-electron chi connectivity index (χ0n) is 14.8. The molecule has 2 heterocycles. The minimum atomic E-state index is -0.173. The van der Waals surface area contributed by atoms with Gasteiger partial charge in [-0.25, -0.2) is 4.98 Å². The Hall–Kier alpha value is -2.31. The topological polar surface area (TPSA) is 78.4 Å². The number of fused-ring (bicyclic) bond motifs is 2. The number of piperidine rings is 1. The standard InChI is InChI=1S/C20H24N4O2/c25-12-11-24-9-5-20(6-10-24)13-17(15-3-1-2-4-16(15)20)23-19(26)18-14-21-7-8-22-18/h1-4,7-8,14,17,25H,5-6,9-13H2,(H,23,26). The van der Waals surface area contributed by atoms with Gasteiger partial charge in [0, 0.05) is 24.4 Å². The van der Waals surface area contributed by atoms with Crippen LogP contribution in [0.25, 0.3) is 0 Å². The first-order valence-electron chi connectivity index (χ1n) is 9.21. The first kappa shape index (κ1) is 17.1. The van der Waals surface area contributed by atoms with Crippen LogP contribution in [0.4, 0.5) is 0 Å². The van der Waals surface area contributed by atoms with Gasteiger partial charge < -0.3 is 15.3 Å². The van der Waals surface area contributed by atoms with Crippen LogP contribution >= 0.6 is 0 Å². The molecule has 2 aliphatic rings. The molecule has 136 valence electrons. The second kappa shape index (κ2) is 7.13. The van der Waals surface area contributed by atoms with Crippen LogP contribution in [-0.4, -0.2) is 52.1 Å². The van der Waals surface area contributed by atoms with Gasteiger partial charge in [0.05, 0.1) is 18.8 Å². The lowest BCUT2D eigenvalue weighted by atomic mass is 9.73. The number of aliphatic hydroxyl groups excluding tert-OH is 1. The quantitative estimate of drug-likeness (QED) is 0.875. The van der Waals surface area contributed by atoms with Crippen molar-refractivity contribution in [3.05, 3.63) is 59.7 Å². The van der Waals surface area contributed by atoms with E-state index in [2.05, 4.69) is 38.4 Å². The summed E-state index contributed by atoms with van der Waals surface area (Å²) in [6.45, 7) is 2.92. The number of carbonyl (C=O) groups is 1. The average Bonchev–Trinajstić information content (AvgIpc) is 2.98. The fourth-order valence-corrected chi connectivity index (χ4v) is 4.49. The molecule has 1 aromatic carbocycles. The largest absolute Gasteiger partial charge is 0.395 e. The van der Waals surface area contributed by atoms with E-state index in [9.17, 15) is 9.90 Å². The molecule has 1 atom stereocenters. The van der Waals surface area contributed by atoms with Gasteiger partial charge in [0.1, 0.15) is 5.69 Å². The van der Waals surface area contributed by atoms with Gasteiger partial charge in [-0.2, -0.15) is 0 Å². The van der Waals surface area contributed by atoms with Crippen LogP contribution in [0.5, 0.6) is 0 Å². The normalized spacial score (nSPS) is 21.5. The van der Waals surface area contributed by atoms with Gasteiger partial charge in [0.15, 0.2) is 0 Å². The molecule has 1 amide bonds. The number of amides is 1. The third-order valence-electron chi connectivity index (χ3n) is 5.83. The predicted molar refractivity (Wildman–Crippen MR) is 97.7 cm³/mol. The smallest absolute Gasteiger partial charge is 0.271 e. The number of carbonyl (C=O) groups excluding carboxylic acids is 1. The Morgan fingerprint density at radius 1 is 1.27 bits per heavy atom. The number of aliphatic hydroxyl groups is 1. The van der Waals surface area contributed by atoms with Gasteiger partial charge in [-0.1, -0.05) is 24.3 Å². The SMILES string of the molecule is O=C(NC1CC2(CCN(CCO)CC2)c2ccccc21)c1cnccn1. The third kappa shape index (κ3) is 3.10. The van der Waals surface area contributed by atoms with Crippen molar-refractivity contribution >= 4 is 5.91 Å². The number of hydrogen-bond donors (Lipinski definition) is 2. The summed E-state index contributed by atoms with van der Waals surface area (Å²) < 4.78 is 0. The molecule has 6 nitrogen and oxygen atoms in total. The molecule has 1 aromatic heterocycles. The Balaban J connectivity index is 1.55. The summed E-state index contributed by atoms with van der Waals surface area (Å²) in [6, 6.07) is 8.48. The molecule has 4 rings (SSSR count). The van der Waals surface area contributed by atoms with E-state index in [1.807, 2.05) is 6.07 Å². The first-order valence-corrected chi connectivity index (χ1v) is 9.21. The highest BCUT2D eigenvalue weighted by Gasteiger charge is 2.45. The summed E-state index contributed by atoms with van der Waals surface area (Å²) in [7, 11) is 0. The Labute approximate surface area is 153 Å². The molecule has 2 N–H and O–H groups in total. The molecule has 2 aromatic rings. The molecule has 26 heavy (non-hydrogen) atoms. The molecule has 1 aliphatic heterocycles. The summed E-state index contributed by atoms with van der Waals surface area (Å²) >= 11 is 0. The van der Waals surface area contributed by atoms with Crippen molar-refractivity contribution in [1.82, 2.24) is 20.2 Å². The summed E-state index contributed by atoms with van der Waals surface area (Å²) in [5.74, 6) is -0.173. The van der Waals surface area contributed by atoms with E-state index in [0.29, 0.717) is 5.69 Å². The fraction of sp³-hybridized carbons (Fsp3) is 0.450. The summed E-state index contributed by atoms with van der Waals surface area (Å²) in [4.78, 5) is 23.0. The molecule has 1 spiro atoms. The lowest BCUT2D eigenvalue weighted by Gasteiger charge is -2.40. The van der Waals surface area contributed by atoms with E-state index in [4.69, 9.17) is 0 Å². The lowest BCUT2D eigenvalue weighted by molar-refractivity contribution is 0.0915. The molecule has 0 saturated carbocycles. The Morgan fingerprint density at radius 2 is 2.08 bits per heavy atom. The highest BCUT2D eigenvalue weighted by molar-refractivity contribution is 5.92. The third-order valence-corrected chi connectivity index (χ3v) is 5.83. The monoisotopic (exact) mass is 352 g/mol. The summed E-state index contributed by atoms with van der Waals surface area (Å²) in [5.41, 5.74) is 3.06. The second-order valence-electron chi connectivity index (χ2n) is 7.25. The Bertz CT molecular complexity index is 772. The predicted octanol–water partition coefficient (Wildman–Crippen LogP) is 1.68. The minimum Gasteiger partial charge on any atom is -0.395 e. The van der Waals surface area contributed by atoms with Crippen molar-refractivity contribution in [2.45, 2.75) is 30.7 Å². The van der Waals surface area contributed by atoms with E-state index in [-0.39, 0.29) is 24.0 Å². The number of benzene rings is 1. The second-order valence-corrected chi connectivity index (χ2v) is 7.25. The maximum absolute atomic E-state index is 12.6. The van der Waals surface area contributed by atoms with E-state index in [0.717, 1.165) is 38.9 Å². The van der Waals surface area contributed by atoms with E-state index in [1.54, 1.807) is 6.20 Å². The van der Waals surface area contributed by atoms with Gasteiger partial charge in [0.2, 0.25) is 0 Å². The maximum atomic E-state index is 12.6. The van der Waals surface area contributed by atoms with Crippen molar-refractivity contribution < 1.29 is 9.90 Å². The molecule has 0 bridgehead atoms. The number of hydrogen-bond acceptors (Lipinski definition) is 5. The maximum Gasteiger partial charge on any atom is 0.271 e. The minimum absolute atomic E-state index is 0.00472. The van der Waals surface area contributed by atoms with E-state index in [1.165, 1.54) is 23.5 Å². The van der Waals surface area contributed by atoms with E-state index >= 15 is 0 Å². The zero-order chi connectivity index (χ0) is 18.0. The zero-order valence-corrected chi connectivity index (χ0v) is 14.8. The van der Waals surface area contributed by atoms with Crippen LogP contribution in [0.2, 0.25) is 0 Å². The number of likely N-dealkylation sites (tertiary alicyclic amines) is 1. The molecule has 6 heteroatoms. The highest BCUT2D eigenvalue weighted by atomic mass is 16.3. The fourth-order valence-electron chi connectivity index (χ4n) is 4.49. The number of β-amino-alcohol motifs (C(OH)–C–C–N with tert-alkyl or cyclic N) is 1. The van der Waals surface area contributed by atoms with Crippen LogP contribution in [0.15, 0.2) is 42.9 Å². The molecular formula is C20H24N4O2. The van der Waals surface area contributed by atoms with E-state index < -0.39 is 0 Å². The lowest BCUT2D eigenvalue weighted by Crippen LogP contribution is -2.43. The first-order chi connectivity index (χ1) is 12.7. The number of rotatable bonds is 4. The number of nitrogens with zero attached hydrogens (tertiary/aromatic N) is 3. The Kier molecular flexibility index (Phi) is 4.70.